The number of rotatable bonds is 6. The first-order chi connectivity index (χ1) is 16.1. The summed E-state index contributed by atoms with van der Waals surface area (Å²) in [4.78, 5) is 22.9. The van der Waals surface area contributed by atoms with E-state index in [4.69, 9.17) is 4.74 Å². The van der Waals surface area contributed by atoms with E-state index in [2.05, 4.69) is 45.2 Å². The zero-order chi connectivity index (χ0) is 22.8. The highest BCUT2D eigenvalue weighted by Gasteiger charge is 2.20. The summed E-state index contributed by atoms with van der Waals surface area (Å²) in [6, 6.07) is 16.2. The molecule has 0 spiro atoms. The number of carbonyl (C=O) groups excluding carboxylic acids is 1. The van der Waals surface area contributed by atoms with Crippen LogP contribution in [0.15, 0.2) is 73.3 Å². The number of nitrogens with one attached hydrogen (secondary N) is 1. The van der Waals surface area contributed by atoms with E-state index >= 15 is 0 Å². The Morgan fingerprint density at radius 2 is 1.97 bits per heavy atom. The molecule has 3 heterocycles. The lowest BCUT2D eigenvalue weighted by molar-refractivity contribution is 0.104. The van der Waals surface area contributed by atoms with Crippen LogP contribution in [0, 0.1) is 6.92 Å². The van der Waals surface area contributed by atoms with Crippen molar-refractivity contribution < 1.29 is 9.53 Å². The second kappa shape index (κ2) is 8.98. The number of H-pyrrole nitrogens is 1. The molecule has 1 saturated heterocycles. The van der Waals surface area contributed by atoms with Crippen LogP contribution in [0.2, 0.25) is 0 Å². The van der Waals surface area contributed by atoms with Crippen molar-refractivity contribution in [2.75, 3.05) is 20.2 Å². The molecule has 1 fully saturated rings. The average Bonchev–Trinajstić information content (AvgIpc) is 3.48. The fourth-order valence-corrected chi connectivity index (χ4v) is 4.54. The second-order valence-electron chi connectivity index (χ2n) is 8.61. The van der Waals surface area contributed by atoms with Gasteiger partial charge in [-0.1, -0.05) is 18.2 Å². The van der Waals surface area contributed by atoms with Crippen LogP contribution in [0.25, 0.3) is 16.6 Å². The van der Waals surface area contributed by atoms with Gasteiger partial charge < -0.3 is 19.2 Å². The highest BCUT2D eigenvalue weighted by atomic mass is 16.5. The van der Waals surface area contributed by atoms with Gasteiger partial charge in [0.05, 0.1) is 24.8 Å². The lowest BCUT2D eigenvalue weighted by Crippen LogP contribution is -2.28. The second-order valence-corrected chi connectivity index (χ2v) is 8.61. The molecule has 0 saturated carbocycles. The van der Waals surface area contributed by atoms with Gasteiger partial charge in [0.15, 0.2) is 5.78 Å². The molecule has 0 radical (unpaired) electrons. The molecule has 0 unspecified atom stereocenters. The summed E-state index contributed by atoms with van der Waals surface area (Å²) in [5.41, 5.74) is 4.91. The summed E-state index contributed by atoms with van der Waals surface area (Å²) in [7, 11) is 1.62. The van der Waals surface area contributed by atoms with Crippen LogP contribution in [0.1, 0.15) is 40.5 Å². The quantitative estimate of drug-likeness (QED) is 0.329. The third kappa shape index (κ3) is 4.42. The lowest BCUT2D eigenvalue weighted by atomic mass is 9.94. The number of carbonyl (C=O) groups is 1. The van der Waals surface area contributed by atoms with Gasteiger partial charge in [-0.25, -0.2) is 4.98 Å². The Balaban J connectivity index is 1.22. The summed E-state index contributed by atoms with van der Waals surface area (Å²) in [6.07, 6.45) is 9.41. The molecule has 6 nitrogen and oxygen atoms in total. The lowest BCUT2D eigenvalue weighted by Gasteiger charge is -2.30. The monoisotopic (exact) mass is 440 g/mol. The van der Waals surface area contributed by atoms with Crippen molar-refractivity contribution in [1.82, 2.24) is 19.4 Å². The summed E-state index contributed by atoms with van der Waals surface area (Å²) in [5, 5.41) is 1.27. The first-order valence-corrected chi connectivity index (χ1v) is 11.3. The summed E-state index contributed by atoms with van der Waals surface area (Å²) >= 11 is 0. The molecule has 6 heteroatoms. The standard InChI is InChI=1S/C27H28N4O2/c1-19-17-31(18-28-19)25-8-7-22(16-27(25)33-2)26(32)11-14-30-12-9-20(10-13-30)24-15-21-5-3-4-6-23(21)29-24/h3-8,11,14-18,20,29H,9-10,12-13H2,1-2H3. The number of aromatic amines is 1. The predicted octanol–water partition coefficient (Wildman–Crippen LogP) is 5.25. The van der Waals surface area contributed by atoms with Gasteiger partial charge in [-0.15, -0.1) is 0 Å². The number of aromatic nitrogens is 3. The number of ketones is 1. The Hall–Kier alpha value is -3.80. The molecule has 33 heavy (non-hydrogen) atoms. The minimum Gasteiger partial charge on any atom is -0.495 e. The number of likely N-dealkylation sites (tertiary alicyclic amines) is 1. The topological polar surface area (TPSA) is 63.1 Å². The van der Waals surface area contributed by atoms with Crippen LogP contribution >= 0.6 is 0 Å². The highest BCUT2D eigenvalue weighted by Crippen LogP contribution is 2.30. The summed E-state index contributed by atoms with van der Waals surface area (Å²) in [5.74, 6) is 1.14. The number of para-hydroxylation sites is 1. The van der Waals surface area contributed by atoms with Gasteiger partial charge in [-0.3, -0.25) is 4.79 Å². The van der Waals surface area contributed by atoms with Gasteiger partial charge >= 0.3 is 0 Å². The number of hydrogen-bond acceptors (Lipinski definition) is 4. The van der Waals surface area contributed by atoms with Crippen molar-refractivity contribution in [3.05, 3.63) is 90.3 Å². The highest BCUT2D eigenvalue weighted by molar-refractivity contribution is 6.04. The van der Waals surface area contributed by atoms with Crippen molar-refractivity contribution in [2.45, 2.75) is 25.7 Å². The molecule has 2 aromatic carbocycles. The third-order valence-electron chi connectivity index (χ3n) is 6.41. The van der Waals surface area contributed by atoms with Crippen molar-refractivity contribution in [3.8, 4) is 11.4 Å². The average molecular weight is 441 g/mol. The Labute approximate surface area is 193 Å². The zero-order valence-corrected chi connectivity index (χ0v) is 19.0. The van der Waals surface area contributed by atoms with Gasteiger partial charge in [0.2, 0.25) is 0 Å². The van der Waals surface area contributed by atoms with Crippen LogP contribution in [-0.4, -0.2) is 45.4 Å². The maximum absolute atomic E-state index is 12.8. The van der Waals surface area contributed by atoms with E-state index in [0.717, 1.165) is 37.3 Å². The maximum Gasteiger partial charge on any atom is 0.187 e. The number of hydrogen-bond donors (Lipinski definition) is 1. The van der Waals surface area contributed by atoms with Gasteiger partial charge in [0, 0.05) is 54.3 Å². The van der Waals surface area contributed by atoms with Crippen molar-refractivity contribution >= 4 is 16.7 Å². The van der Waals surface area contributed by atoms with Crippen LogP contribution in [0.5, 0.6) is 5.75 Å². The minimum absolute atomic E-state index is 0.0283. The molecular formula is C27H28N4O2. The molecule has 1 N–H and O–H groups in total. The van der Waals surface area contributed by atoms with Gasteiger partial charge in [0.25, 0.3) is 0 Å². The molecule has 0 aliphatic carbocycles. The van der Waals surface area contributed by atoms with Crippen LogP contribution in [-0.2, 0) is 0 Å². The van der Waals surface area contributed by atoms with E-state index in [1.165, 1.54) is 16.6 Å². The summed E-state index contributed by atoms with van der Waals surface area (Å²) < 4.78 is 7.43. The number of ether oxygens (including phenoxy) is 1. The van der Waals surface area contributed by atoms with Crippen molar-refractivity contribution in [3.63, 3.8) is 0 Å². The Kier molecular flexibility index (Phi) is 5.73. The Morgan fingerprint density at radius 3 is 2.70 bits per heavy atom. The van der Waals surface area contributed by atoms with Crippen molar-refractivity contribution in [1.29, 1.82) is 0 Å². The molecule has 4 aromatic rings. The SMILES string of the molecule is COc1cc(C(=O)C=CN2CCC(c3cc4ccccc4[nH]3)CC2)ccc1-n1cnc(C)c1. The van der Waals surface area contributed by atoms with Gasteiger partial charge in [-0.2, -0.15) is 0 Å². The van der Waals surface area contributed by atoms with Crippen molar-refractivity contribution in [2.24, 2.45) is 0 Å². The molecule has 1 aliphatic heterocycles. The molecule has 0 bridgehead atoms. The van der Waals surface area contributed by atoms with Gasteiger partial charge in [-0.05, 0) is 55.5 Å². The van der Waals surface area contributed by atoms with E-state index < -0.39 is 0 Å². The molecule has 1 aliphatic rings. The van der Waals surface area contributed by atoms with Crippen LogP contribution in [0.4, 0.5) is 0 Å². The Morgan fingerprint density at radius 1 is 1.15 bits per heavy atom. The van der Waals surface area contributed by atoms with E-state index in [-0.39, 0.29) is 5.78 Å². The van der Waals surface area contributed by atoms with E-state index in [1.807, 2.05) is 36.0 Å². The van der Waals surface area contributed by atoms with E-state index in [1.54, 1.807) is 25.6 Å². The molecule has 168 valence electrons. The number of imidazole rings is 1. The first-order valence-electron chi connectivity index (χ1n) is 11.3. The molecule has 5 rings (SSSR count). The number of fused-ring (bicyclic) bond motifs is 1. The molecule has 2 aromatic heterocycles. The number of piperidine rings is 1. The fourth-order valence-electron chi connectivity index (χ4n) is 4.54. The third-order valence-corrected chi connectivity index (χ3v) is 6.41. The van der Waals surface area contributed by atoms with Gasteiger partial charge in [0.1, 0.15) is 5.75 Å². The number of aryl methyl sites for hydroxylation is 1. The molecule has 0 amide bonds. The number of allylic oxidation sites excluding steroid dienone is 1. The van der Waals surface area contributed by atoms with E-state index in [0.29, 0.717) is 17.2 Å². The number of nitrogens with zero attached hydrogens (tertiary/aromatic N) is 3. The first kappa shape index (κ1) is 21.1. The zero-order valence-electron chi connectivity index (χ0n) is 19.0. The summed E-state index contributed by atoms with van der Waals surface area (Å²) in [6.45, 7) is 3.81. The fraction of sp³-hybridized carbons (Fsp3) is 0.259. The number of benzene rings is 2. The number of methoxy groups -OCH3 is 1. The van der Waals surface area contributed by atoms with Crippen LogP contribution < -0.4 is 4.74 Å². The van der Waals surface area contributed by atoms with E-state index in [9.17, 15) is 4.79 Å². The largest absolute Gasteiger partial charge is 0.495 e. The normalized spacial score (nSPS) is 14.9. The maximum atomic E-state index is 12.8. The Bertz CT molecular complexity index is 1280. The molecule has 0 atom stereocenters. The minimum atomic E-state index is -0.0283. The van der Waals surface area contributed by atoms with Crippen LogP contribution in [0.3, 0.4) is 0 Å². The smallest absolute Gasteiger partial charge is 0.187 e. The predicted molar refractivity (Wildman–Crippen MR) is 130 cm³/mol. The molecular weight excluding hydrogens is 412 g/mol.